The number of ether oxygens (including phenoxy) is 2. The monoisotopic (exact) mass is 334 g/mol. The molecule has 0 spiro atoms. The highest BCUT2D eigenvalue weighted by atomic mass is 16.6. The highest BCUT2D eigenvalue weighted by molar-refractivity contribution is 5.68. The lowest BCUT2D eigenvalue weighted by atomic mass is 9.95. The summed E-state index contributed by atoms with van der Waals surface area (Å²) in [7, 11) is 0. The fraction of sp³-hybridized carbons (Fsp3) is 0.684. The zero-order chi connectivity index (χ0) is 17.6. The quantitative estimate of drug-likeness (QED) is 0.810. The Morgan fingerprint density at radius 1 is 1.42 bits per heavy atom. The number of carbonyl (C=O) groups excluding carboxylic acids is 1. The Morgan fingerprint density at radius 2 is 2.21 bits per heavy atom. The summed E-state index contributed by atoms with van der Waals surface area (Å²) < 4.78 is 11.4. The smallest absolute Gasteiger partial charge is 0.410 e. The minimum absolute atomic E-state index is 0.00301. The summed E-state index contributed by atoms with van der Waals surface area (Å²) in [5.41, 5.74) is 0.516. The molecule has 2 heterocycles. The molecule has 0 aromatic carbocycles. The molecule has 0 bridgehead atoms. The third-order valence-corrected chi connectivity index (χ3v) is 4.17. The summed E-state index contributed by atoms with van der Waals surface area (Å²) in [5, 5.41) is 0. The van der Waals surface area contributed by atoms with Crippen molar-refractivity contribution in [2.24, 2.45) is 5.92 Å². The second-order valence-electron chi connectivity index (χ2n) is 7.49. The van der Waals surface area contributed by atoms with E-state index in [1.54, 1.807) is 6.20 Å². The molecule has 2 atom stereocenters. The molecule has 0 radical (unpaired) electrons. The molecule has 1 aromatic heterocycles. The third-order valence-electron chi connectivity index (χ3n) is 4.17. The number of hydrogen-bond acceptors (Lipinski definition) is 4. The first-order valence-electron chi connectivity index (χ1n) is 8.85. The molecule has 1 saturated heterocycles. The summed E-state index contributed by atoms with van der Waals surface area (Å²) in [6, 6.07) is 5.86. The molecule has 1 fully saturated rings. The van der Waals surface area contributed by atoms with Gasteiger partial charge in [-0.15, -0.1) is 0 Å². The van der Waals surface area contributed by atoms with Gasteiger partial charge in [-0.05, 0) is 65.0 Å². The molecule has 2 rings (SSSR count). The molecule has 1 aliphatic rings. The van der Waals surface area contributed by atoms with Gasteiger partial charge < -0.3 is 14.4 Å². The SMILES string of the molecule is C[C@H](OCC[C@@H]1CCCN(C(=O)OC(C)(C)C)C1)c1ccccn1. The number of pyridine rings is 1. The number of aromatic nitrogens is 1. The summed E-state index contributed by atoms with van der Waals surface area (Å²) in [4.78, 5) is 18.3. The van der Waals surface area contributed by atoms with Crippen LogP contribution in [0.1, 0.15) is 58.8 Å². The Bertz CT molecular complexity index is 513. The van der Waals surface area contributed by atoms with Crippen molar-refractivity contribution in [2.75, 3.05) is 19.7 Å². The summed E-state index contributed by atoms with van der Waals surface area (Å²) in [6.07, 6.45) is 4.71. The van der Waals surface area contributed by atoms with Gasteiger partial charge in [0.05, 0.1) is 11.8 Å². The van der Waals surface area contributed by atoms with Crippen LogP contribution in [0.5, 0.6) is 0 Å². The molecule has 1 aromatic rings. The van der Waals surface area contributed by atoms with Crippen molar-refractivity contribution in [1.29, 1.82) is 0 Å². The molecule has 134 valence electrons. The van der Waals surface area contributed by atoms with Crippen LogP contribution in [-0.2, 0) is 9.47 Å². The predicted molar refractivity (Wildman–Crippen MR) is 93.8 cm³/mol. The van der Waals surface area contributed by atoms with E-state index in [9.17, 15) is 4.79 Å². The van der Waals surface area contributed by atoms with Crippen molar-refractivity contribution in [2.45, 2.75) is 58.7 Å². The lowest BCUT2D eigenvalue weighted by Gasteiger charge is -2.34. The van der Waals surface area contributed by atoms with Crippen LogP contribution in [0.2, 0.25) is 0 Å². The van der Waals surface area contributed by atoms with E-state index >= 15 is 0 Å². The molecular weight excluding hydrogens is 304 g/mol. The van der Waals surface area contributed by atoms with Crippen molar-refractivity contribution < 1.29 is 14.3 Å². The van der Waals surface area contributed by atoms with Gasteiger partial charge in [0.25, 0.3) is 0 Å². The van der Waals surface area contributed by atoms with Crippen molar-refractivity contribution in [3.63, 3.8) is 0 Å². The van der Waals surface area contributed by atoms with Gasteiger partial charge in [-0.3, -0.25) is 4.98 Å². The molecule has 0 aliphatic carbocycles. The summed E-state index contributed by atoms with van der Waals surface area (Å²) in [6.45, 7) is 9.96. The highest BCUT2D eigenvalue weighted by Gasteiger charge is 2.27. The van der Waals surface area contributed by atoms with Crippen LogP contribution in [0.4, 0.5) is 4.79 Å². The molecule has 24 heavy (non-hydrogen) atoms. The number of amides is 1. The lowest BCUT2D eigenvalue weighted by Crippen LogP contribution is -2.43. The van der Waals surface area contributed by atoms with E-state index in [1.807, 2.05) is 50.8 Å². The van der Waals surface area contributed by atoms with Gasteiger partial charge in [-0.1, -0.05) is 6.07 Å². The minimum Gasteiger partial charge on any atom is -0.444 e. The Labute approximate surface area is 145 Å². The largest absolute Gasteiger partial charge is 0.444 e. The molecule has 1 amide bonds. The van der Waals surface area contributed by atoms with Crippen LogP contribution in [0.3, 0.4) is 0 Å². The first-order chi connectivity index (χ1) is 11.3. The fourth-order valence-electron chi connectivity index (χ4n) is 2.91. The Kier molecular flexibility index (Phi) is 6.60. The summed E-state index contributed by atoms with van der Waals surface area (Å²) >= 11 is 0. The van der Waals surface area contributed by atoms with Crippen LogP contribution < -0.4 is 0 Å². The second kappa shape index (κ2) is 8.47. The predicted octanol–water partition coefficient (Wildman–Crippen LogP) is 4.20. The van der Waals surface area contributed by atoms with E-state index in [1.165, 1.54) is 0 Å². The zero-order valence-electron chi connectivity index (χ0n) is 15.3. The van der Waals surface area contributed by atoms with Gasteiger partial charge >= 0.3 is 6.09 Å². The average Bonchev–Trinajstić information content (AvgIpc) is 2.54. The van der Waals surface area contributed by atoms with E-state index in [4.69, 9.17) is 9.47 Å². The maximum absolute atomic E-state index is 12.2. The van der Waals surface area contributed by atoms with E-state index in [2.05, 4.69) is 4.98 Å². The standard InChI is InChI=1S/C19H30N2O3/c1-15(17-9-5-6-11-20-17)23-13-10-16-8-7-12-21(14-16)18(22)24-19(2,3)4/h5-6,9,11,15-16H,7-8,10,12-14H2,1-4H3/t15-,16-/m0/s1. The molecule has 0 saturated carbocycles. The molecule has 5 nitrogen and oxygen atoms in total. The Morgan fingerprint density at radius 3 is 2.88 bits per heavy atom. The van der Waals surface area contributed by atoms with Gasteiger partial charge in [0.15, 0.2) is 0 Å². The van der Waals surface area contributed by atoms with Crippen molar-refractivity contribution >= 4 is 6.09 Å². The number of likely N-dealkylation sites (tertiary alicyclic amines) is 1. The number of piperidine rings is 1. The van der Waals surface area contributed by atoms with Crippen molar-refractivity contribution in [3.8, 4) is 0 Å². The zero-order valence-corrected chi connectivity index (χ0v) is 15.3. The minimum atomic E-state index is -0.439. The van der Waals surface area contributed by atoms with Crippen LogP contribution in [-0.4, -0.2) is 41.3 Å². The third kappa shape index (κ3) is 6.11. The fourth-order valence-corrected chi connectivity index (χ4v) is 2.91. The summed E-state index contributed by atoms with van der Waals surface area (Å²) in [5.74, 6) is 0.474. The van der Waals surface area contributed by atoms with Gasteiger partial charge in [0.2, 0.25) is 0 Å². The van der Waals surface area contributed by atoms with Gasteiger partial charge in [-0.2, -0.15) is 0 Å². The number of carbonyl (C=O) groups is 1. The van der Waals surface area contributed by atoms with Crippen LogP contribution in [0.25, 0.3) is 0 Å². The molecule has 0 N–H and O–H groups in total. The van der Waals surface area contributed by atoms with E-state index in [-0.39, 0.29) is 12.2 Å². The van der Waals surface area contributed by atoms with Gasteiger partial charge in [-0.25, -0.2) is 4.79 Å². The number of rotatable bonds is 5. The highest BCUT2D eigenvalue weighted by Crippen LogP contribution is 2.23. The normalized spacial score (nSPS) is 19.8. The van der Waals surface area contributed by atoms with Crippen molar-refractivity contribution in [1.82, 2.24) is 9.88 Å². The molecule has 5 heteroatoms. The van der Waals surface area contributed by atoms with E-state index in [0.717, 1.165) is 38.0 Å². The van der Waals surface area contributed by atoms with Gasteiger partial charge in [0, 0.05) is 25.9 Å². The van der Waals surface area contributed by atoms with Crippen molar-refractivity contribution in [3.05, 3.63) is 30.1 Å². The second-order valence-corrected chi connectivity index (χ2v) is 7.49. The Balaban J connectivity index is 1.74. The lowest BCUT2D eigenvalue weighted by molar-refractivity contribution is 0.0104. The van der Waals surface area contributed by atoms with E-state index in [0.29, 0.717) is 12.5 Å². The first kappa shape index (κ1) is 18.7. The van der Waals surface area contributed by atoms with Crippen LogP contribution in [0, 0.1) is 5.92 Å². The maximum Gasteiger partial charge on any atom is 0.410 e. The Hall–Kier alpha value is -1.62. The topological polar surface area (TPSA) is 51.7 Å². The molecule has 1 aliphatic heterocycles. The van der Waals surface area contributed by atoms with Crippen LogP contribution in [0.15, 0.2) is 24.4 Å². The first-order valence-corrected chi connectivity index (χ1v) is 8.85. The van der Waals surface area contributed by atoms with E-state index < -0.39 is 5.60 Å². The van der Waals surface area contributed by atoms with Gasteiger partial charge in [0.1, 0.15) is 5.60 Å². The number of nitrogens with zero attached hydrogens (tertiary/aromatic N) is 2. The average molecular weight is 334 g/mol. The number of hydrogen-bond donors (Lipinski definition) is 0. The molecule has 0 unspecified atom stereocenters. The maximum atomic E-state index is 12.2. The van der Waals surface area contributed by atoms with Crippen LogP contribution >= 0.6 is 0 Å². The molecular formula is C19H30N2O3.